The average Bonchev–Trinajstić information content (AvgIpc) is 2.48. The van der Waals surface area contributed by atoms with Crippen LogP contribution in [0.4, 0.5) is 11.5 Å². The van der Waals surface area contributed by atoms with Crippen LogP contribution in [-0.2, 0) is 6.54 Å². The van der Waals surface area contributed by atoms with Crippen LogP contribution >= 0.6 is 15.9 Å². The third-order valence-electron chi connectivity index (χ3n) is 3.14. The Morgan fingerprint density at radius 3 is 2.64 bits per heavy atom. The van der Waals surface area contributed by atoms with Gasteiger partial charge in [0, 0.05) is 17.2 Å². The van der Waals surface area contributed by atoms with Gasteiger partial charge in [-0.2, -0.15) is 0 Å². The van der Waals surface area contributed by atoms with Crippen LogP contribution in [0.5, 0.6) is 0 Å². The molecule has 6 nitrogen and oxygen atoms in total. The van der Waals surface area contributed by atoms with Crippen LogP contribution in [0.25, 0.3) is 0 Å². The van der Waals surface area contributed by atoms with Crippen LogP contribution in [0, 0.1) is 0 Å². The molecular weight excluding hydrogens is 348 g/mol. The number of aromatic nitrogens is 2. The van der Waals surface area contributed by atoms with E-state index in [-0.39, 0.29) is 11.5 Å². The van der Waals surface area contributed by atoms with E-state index in [0.717, 1.165) is 27.4 Å². The standard InChI is InChI=1S/C15H17BrN4O2/c1-2-3-8-20-14(21)12(13(17)19-15(20)22)18-9-10-4-6-11(16)7-5-10/h4-7,9H,2-3,8,17H2,1H3,(H,19,22). The number of hydrogen-bond donors (Lipinski definition) is 2. The molecule has 0 atom stereocenters. The van der Waals surface area contributed by atoms with E-state index in [9.17, 15) is 9.59 Å². The van der Waals surface area contributed by atoms with Gasteiger partial charge in [0.15, 0.2) is 5.69 Å². The van der Waals surface area contributed by atoms with Crippen molar-refractivity contribution in [3.05, 3.63) is 55.1 Å². The number of aromatic amines is 1. The normalized spacial score (nSPS) is 11.2. The van der Waals surface area contributed by atoms with Gasteiger partial charge in [0.2, 0.25) is 0 Å². The molecule has 0 fully saturated rings. The van der Waals surface area contributed by atoms with E-state index < -0.39 is 11.2 Å². The Bertz CT molecular complexity index is 791. The fourth-order valence-electron chi connectivity index (χ4n) is 1.91. The molecule has 0 amide bonds. The van der Waals surface area contributed by atoms with Crippen molar-refractivity contribution < 1.29 is 0 Å². The Balaban J connectivity index is 2.40. The molecule has 0 aliphatic rings. The summed E-state index contributed by atoms with van der Waals surface area (Å²) in [5.74, 6) is -0.0175. The molecule has 0 aliphatic carbocycles. The first-order valence-corrected chi connectivity index (χ1v) is 7.74. The number of nitrogens with one attached hydrogen (secondary N) is 1. The molecule has 22 heavy (non-hydrogen) atoms. The summed E-state index contributed by atoms with van der Waals surface area (Å²) in [4.78, 5) is 30.7. The summed E-state index contributed by atoms with van der Waals surface area (Å²) >= 11 is 3.35. The van der Waals surface area contributed by atoms with Crippen molar-refractivity contribution in [2.75, 3.05) is 5.73 Å². The number of rotatable bonds is 5. The van der Waals surface area contributed by atoms with Gasteiger partial charge in [-0.15, -0.1) is 0 Å². The third kappa shape index (κ3) is 3.73. The lowest BCUT2D eigenvalue weighted by atomic mass is 10.2. The topological polar surface area (TPSA) is 93.2 Å². The number of benzene rings is 1. The number of aliphatic imine (C=N–C) groups is 1. The zero-order valence-corrected chi connectivity index (χ0v) is 13.8. The summed E-state index contributed by atoms with van der Waals surface area (Å²) in [6.07, 6.45) is 3.17. The second-order valence-corrected chi connectivity index (χ2v) is 5.73. The lowest BCUT2D eigenvalue weighted by Gasteiger charge is -2.06. The molecule has 0 aliphatic heterocycles. The molecule has 3 N–H and O–H groups in total. The Morgan fingerprint density at radius 1 is 1.32 bits per heavy atom. The number of nitrogens with two attached hydrogens (primary N) is 1. The third-order valence-corrected chi connectivity index (χ3v) is 3.67. The van der Waals surface area contributed by atoms with Crippen molar-refractivity contribution >= 4 is 33.6 Å². The van der Waals surface area contributed by atoms with Crippen LogP contribution in [0.3, 0.4) is 0 Å². The SMILES string of the molecule is CCCCn1c(=O)[nH]c(N)c(N=Cc2ccc(Br)cc2)c1=O. The maximum absolute atomic E-state index is 12.3. The summed E-state index contributed by atoms with van der Waals surface area (Å²) < 4.78 is 2.09. The largest absolute Gasteiger partial charge is 0.383 e. The van der Waals surface area contributed by atoms with Crippen molar-refractivity contribution in [2.45, 2.75) is 26.3 Å². The number of H-pyrrole nitrogens is 1. The Labute approximate surface area is 135 Å². The van der Waals surface area contributed by atoms with Crippen LogP contribution in [-0.4, -0.2) is 15.8 Å². The van der Waals surface area contributed by atoms with E-state index in [4.69, 9.17) is 5.73 Å². The molecule has 0 saturated carbocycles. The molecule has 2 aromatic rings. The minimum atomic E-state index is -0.501. The molecular formula is C15H17BrN4O2. The number of nitrogens with zero attached hydrogens (tertiary/aromatic N) is 2. The maximum atomic E-state index is 12.3. The predicted octanol–water partition coefficient (Wildman–Crippen LogP) is 2.43. The summed E-state index contributed by atoms with van der Waals surface area (Å²) in [5.41, 5.74) is 5.63. The van der Waals surface area contributed by atoms with Crippen LogP contribution < -0.4 is 17.0 Å². The molecule has 2 rings (SSSR count). The van der Waals surface area contributed by atoms with Gasteiger partial charge in [-0.3, -0.25) is 14.3 Å². The smallest absolute Gasteiger partial charge is 0.330 e. The van der Waals surface area contributed by atoms with Gasteiger partial charge in [-0.1, -0.05) is 41.4 Å². The molecule has 1 heterocycles. The summed E-state index contributed by atoms with van der Waals surface area (Å²) in [5, 5.41) is 0. The molecule has 0 radical (unpaired) electrons. The number of hydrogen-bond acceptors (Lipinski definition) is 4. The molecule has 0 unspecified atom stereocenters. The highest BCUT2D eigenvalue weighted by atomic mass is 79.9. The number of anilines is 1. The van der Waals surface area contributed by atoms with Crippen molar-refractivity contribution in [3.63, 3.8) is 0 Å². The predicted molar refractivity (Wildman–Crippen MR) is 92.0 cm³/mol. The summed E-state index contributed by atoms with van der Waals surface area (Å²) in [6.45, 7) is 2.34. The highest BCUT2D eigenvalue weighted by Gasteiger charge is 2.10. The average molecular weight is 365 g/mol. The Hall–Kier alpha value is -2.15. The minimum Gasteiger partial charge on any atom is -0.383 e. The molecule has 0 spiro atoms. The van der Waals surface area contributed by atoms with Gasteiger partial charge in [-0.05, 0) is 24.1 Å². The monoisotopic (exact) mass is 364 g/mol. The highest BCUT2D eigenvalue weighted by molar-refractivity contribution is 9.10. The van der Waals surface area contributed by atoms with E-state index in [1.54, 1.807) is 6.21 Å². The lowest BCUT2D eigenvalue weighted by Crippen LogP contribution is -2.35. The summed E-state index contributed by atoms with van der Waals surface area (Å²) in [7, 11) is 0. The fraction of sp³-hybridized carbons (Fsp3) is 0.267. The van der Waals surface area contributed by atoms with Crippen molar-refractivity contribution in [3.8, 4) is 0 Å². The zero-order chi connectivity index (χ0) is 16.1. The maximum Gasteiger partial charge on any atom is 0.330 e. The first kappa shape index (κ1) is 16.2. The van der Waals surface area contributed by atoms with Gasteiger partial charge in [0.1, 0.15) is 5.82 Å². The molecule has 116 valence electrons. The van der Waals surface area contributed by atoms with Crippen LogP contribution in [0.15, 0.2) is 43.3 Å². The second-order valence-electron chi connectivity index (χ2n) is 4.81. The molecule has 1 aromatic carbocycles. The highest BCUT2D eigenvalue weighted by Crippen LogP contribution is 2.13. The van der Waals surface area contributed by atoms with Gasteiger partial charge in [-0.25, -0.2) is 9.79 Å². The van der Waals surface area contributed by atoms with Gasteiger partial charge in [0.05, 0.1) is 0 Å². The van der Waals surface area contributed by atoms with E-state index in [1.165, 1.54) is 0 Å². The number of halogens is 1. The fourth-order valence-corrected chi connectivity index (χ4v) is 2.17. The van der Waals surface area contributed by atoms with Gasteiger partial charge >= 0.3 is 5.69 Å². The van der Waals surface area contributed by atoms with Crippen molar-refractivity contribution in [2.24, 2.45) is 4.99 Å². The van der Waals surface area contributed by atoms with Gasteiger partial charge in [0.25, 0.3) is 5.56 Å². The van der Waals surface area contributed by atoms with Crippen LogP contribution in [0.1, 0.15) is 25.3 Å². The minimum absolute atomic E-state index is 0.0175. The molecule has 0 bridgehead atoms. The molecule has 1 aromatic heterocycles. The van der Waals surface area contributed by atoms with E-state index >= 15 is 0 Å². The van der Waals surface area contributed by atoms with Crippen LogP contribution in [0.2, 0.25) is 0 Å². The van der Waals surface area contributed by atoms with E-state index in [2.05, 4.69) is 25.9 Å². The van der Waals surface area contributed by atoms with E-state index in [0.29, 0.717) is 6.54 Å². The molecule has 0 saturated heterocycles. The first-order chi connectivity index (χ1) is 10.5. The lowest BCUT2D eigenvalue weighted by molar-refractivity contribution is 0.585. The van der Waals surface area contributed by atoms with Gasteiger partial charge < -0.3 is 5.73 Å². The quantitative estimate of drug-likeness (QED) is 0.797. The Morgan fingerprint density at radius 2 is 2.00 bits per heavy atom. The number of nitrogen functional groups attached to an aromatic ring is 1. The number of unbranched alkanes of at least 4 members (excludes halogenated alkanes) is 1. The Kier molecular flexibility index (Phi) is 5.32. The summed E-state index contributed by atoms with van der Waals surface area (Å²) in [6, 6.07) is 7.45. The van der Waals surface area contributed by atoms with Crippen molar-refractivity contribution in [1.82, 2.24) is 9.55 Å². The van der Waals surface area contributed by atoms with Crippen molar-refractivity contribution in [1.29, 1.82) is 0 Å². The molecule has 7 heteroatoms. The zero-order valence-electron chi connectivity index (χ0n) is 12.2. The second kappa shape index (κ2) is 7.22. The van der Waals surface area contributed by atoms with E-state index in [1.807, 2.05) is 31.2 Å². The first-order valence-electron chi connectivity index (χ1n) is 6.95.